The number of piperidine rings is 1. The molecule has 0 N–H and O–H groups in total. The maximum atomic E-state index is 11.3. The lowest BCUT2D eigenvalue weighted by Gasteiger charge is -2.39. The first-order valence-corrected chi connectivity index (χ1v) is 7.57. The van der Waals surface area contributed by atoms with Crippen molar-refractivity contribution in [3.05, 3.63) is 0 Å². The van der Waals surface area contributed by atoms with E-state index in [2.05, 4.69) is 20.8 Å². The fourth-order valence-corrected chi connectivity index (χ4v) is 3.13. The first kappa shape index (κ1) is 13.0. The van der Waals surface area contributed by atoms with Gasteiger partial charge in [-0.1, -0.05) is 27.2 Å². The van der Waals surface area contributed by atoms with E-state index in [0.717, 1.165) is 19.3 Å². The van der Waals surface area contributed by atoms with Crippen molar-refractivity contribution >= 4 is 10.0 Å². The molecular formula is C11H23NO2S. The minimum atomic E-state index is -2.97. The topological polar surface area (TPSA) is 37.4 Å². The number of hydrogen-bond donors (Lipinski definition) is 0. The van der Waals surface area contributed by atoms with Crippen LogP contribution in [-0.4, -0.2) is 32.1 Å². The highest BCUT2D eigenvalue weighted by Crippen LogP contribution is 2.37. The molecule has 0 radical (unpaired) electrons. The van der Waals surface area contributed by atoms with Crippen molar-refractivity contribution in [2.75, 3.05) is 19.3 Å². The SMILES string of the molecule is CCC(C)(C)C1CCN(S(C)(=O)=O)CC1. The number of hydrogen-bond acceptors (Lipinski definition) is 2. The Kier molecular flexibility index (Phi) is 3.82. The van der Waals surface area contributed by atoms with Gasteiger partial charge < -0.3 is 0 Å². The van der Waals surface area contributed by atoms with Crippen molar-refractivity contribution in [2.24, 2.45) is 11.3 Å². The van der Waals surface area contributed by atoms with Gasteiger partial charge in [-0.2, -0.15) is 0 Å². The molecule has 1 saturated heterocycles. The molecule has 1 heterocycles. The van der Waals surface area contributed by atoms with Crippen LogP contribution >= 0.6 is 0 Å². The van der Waals surface area contributed by atoms with Gasteiger partial charge >= 0.3 is 0 Å². The van der Waals surface area contributed by atoms with E-state index in [4.69, 9.17) is 0 Å². The quantitative estimate of drug-likeness (QED) is 0.748. The summed E-state index contributed by atoms with van der Waals surface area (Å²) in [6.45, 7) is 8.18. The Morgan fingerprint density at radius 1 is 1.27 bits per heavy atom. The summed E-state index contributed by atoms with van der Waals surface area (Å²) in [5, 5.41) is 0. The molecule has 0 aromatic rings. The minimum absolute atomic E-state index is 0.351. The maximum absolute atomic E-state index is 11.3. The number of nitrogens with zero attached hydrogens (tertiary/aromatic N) is 1. The Hall–Kier alpha value is -0.0900. The normalized spacial score (nSPS) is 21.9. The number of rotatable bonds is 3. The Bertz CT molecular complexity index is 301. The molecule has 1 fully saturated rings. The van der Waals surface area contributed by atoms with Crippen molar-refractivity contribution in [2.45, 2.75) is 40.0 Å². The fraction of sp³-hybridized carbons (Fsp3) is 1.00. The smallest absolute Gasteiger partial charge is 0.211 e. The molecule has 0 amide bonds. The lowest BCUT2D eigenvalue weighted by molar-refractivity contribution is 0.132. The van der Waals surface area contributed by atoms with Crippen LogP contribution in [0.25, 0.3) is 0 Å². The zero-order valence-corrected chi connectivity index (χ0v) is 11.1. The van der Waals surface area contributed by atoms with Crippen LogP contribution in [0.4, 0.5) is 0 Å². The van der Waals surface area contributed by atoms with Gasteiger partial charge in [-0.3, -0.25) is 0 Å². The summed E-state index contributed by atoms with van der Waals surface area (Å²) in [6.07, 6.45) is 4.48. The molecule has 0 aliphatic carbocycles. The van der Waals surface area contributed by atoms with E-state index in [0.29, 0.717) is 24.4 Å². The summed E-state index contributed by atoms with van der Waals surface area (Å²) in [5.74, 6) is 0.667. The van der Waals surface area contributed by atoms with Crippen LogP contribution in [0, 0.1) is 11.3 Å². The van der Waals surface area contributed by atoms with Gasteiger partial charge in [-0.25, -0.2) is 12.7 Å². The van der Waals surface area contributed by atoms with E-state index >= 15 is 0 Å². The van der Waals surface area contributed by atoms with Crippen LogP contribution in [0.1, 0.15) is 40.0 Å². The third kappa shape index (κ3) is 3.18. The zero-order valence-electron chi connectivity index (χ0n) is 10.3. The molecule has 1 aliphatic heterocycles. The van der Waals surface area contributed by atoms with E-state index in [9.17, 15) is 8.42 Å². The van der Waals surface area contributed by atoms with Crippen LogP contribution in [0.15, 0.2) is 0 Å². The predicted octanol–water partition coefficient (Wildman–Crippen LogP) is 2.09. The van der Waals surface area contributed by atoms with Crippen LogP contribution < -0.4 is 0 Å². The van der Waals surface area contributed by atoms with E-state index in [-0.39, 0.29) is 0 Å². The standard InChI is InChI=1S/C11H23NO2S/c1-5-11(2,3)10-6-8-12(9-7-10)15(4,13)14/h10H,5-9H2,1-4H3. The average Bonchev–Trinajstić information content (AvgIpc) is 2.17. The molecule has 0 saturated carbocycles. The molecule has 1 rings (SSSR count). The molecule has 0 spiro atoms. The van der Waals surface area contributed by atoms with Gasteiger partial charge in [0.05, 0.1) is 6.26 Å². The summed E-state index contributed by atoms with van der Waals surface area (Å²) in [6, 6.07) is 0. The van der Waals surface area contributed by atoms with Gasteiger partial charge in [0.1, 0.15) is 0 Å². The molecule has 0 aromatic carbocycles. The molecular weight excluding hydrogens is 210 g/mol. The second kappa shape index (κ2) is 4.42. The van der Waals surface area contributed by atoms with Crippen LogP contribution in [0.2, 0.25) is 0 Å². The van der Waals surface area contributed by atoms with Gasteiger partial charge in [0, 0.05) is 13.1 Å². The van der Waals surface area contributed by atoms with Crippen LogP contribution in [0.5, 0.6) is 0 Å². The third-order valence-electron chi connectivity index (χ3n) is 3.94. The monoisotopic (exact) mass is 233 g/mol. The highest BCUT2D eigenvalue weighted by atomic mass is 32.2. The Labute approximate surface area is 93.9 Å². The lowest BCUT2D eigenvalue weighted by Crippen LogP contribution is -2.41. The molecule has 0 unspecified atom stereocenters. The Balaban J connectivity index is 2.57. The van der Waals surface area contributed by atoms with Gasteiger partial charge in [0.2, 0.25) is 10.0 Å². The second-order valence-corrected chi connectivity index (χ2v) is 7.26. The minimum Gasteiger partial charge on any atom is -0.213 e. The first-order valence-electron chi connectivity index (χ1n) is 5.72. The summed E-state index contributed by atoms with van der Waals surface area (Å²) >= 11 is 0. The van der Waals surface area contributed by atoms with E-state index in [1.165, 1.54) is 6.26 Å². The van der Waals surface area contributed by atoms with Gasteiger partial charge in [-0.05, 0) is 24.2 Å². The first-order chi connectivity index (χ1) is 6.77. The van der Waals surface area contributed by atoms with E-state index in [1.807, 2.05) is 0 Å². The Morgan fingerprint density at radius 3 is 2.07 bits per heavy atom. The van der Waals surface area contributed by atoms with Crippen molar-refractivity contribution in [1.82, 2.24) is 4.31 Å². The molecule has 3 nitrogen and oxygen atoms in total. The van der Waals surface area contributed by atoms with E-state index < -0.39 is 10.0 Å². The van der Waals surface area contributed by atoms with E-state index in [1.54, 1.807) is 4.31 Å². The third-order valence-corrected chi connectivity index (χ3v) is 5.24. The summed E-state index contributed by atoms with van der Waals surface area (Å²) in [5.41, 5.74) is 0.351. The number of sulfonamides is 1. The zero-order chi connectivity index (χ0) is 11.7. The maximum Gasteiger partial charge on any atom is 0.211 e. The van der Waals surface area contributed by atoms with Crippen molar-refractivity contribution in [1.29, 1.82) is 0 Å². The molecule has 0 bridgehead atoms. The van der Waals surface area contributed by atoms with Gasteiger partial charge in [0.25, 0.3) is 0 Å². The fourth-order valence-electron chi connectivity index (χ4n) is 2.26. The summed E-state index contributed by atoms with van der Waals surface area (Å²) in [7, 11) is -2.97. The summed E-state index contributed by atoms with van der Waals surface area (Å²) in [4.78, 5) is 0. The molecule has 4 heteroatoms. The Morgan fingerprint density at radius 2 is 1.73 bits per heavy atom. The molecule has 0 aromatic heterocycles. The molecule has 90 valence electrons. The predicted molar refractivity (Wildman–Crippen MR) is 63.2 cm³/mol. The second-order valence-electron chi connectivity index (χ2n) is 5.28. The van der Waals surface area contributed by atoms with Gasteiger partial charge in [-0.15, -0.1) is 0 Å². The van der Waals surface area contributed by atoms with Crippen LogP contribution in [-0.2, 0) is 10.0 Å². The average molecular weight is 233 g/mol. The summed E-state index contributed by atoms with van der Waals surface area (Å²) < 4.78 is 24.3. The van der Waals surface area contributed by atoms with Crippen molar-refractivity contribution < 1.29 is 8.42 Å². The van der Waals surface area contributed by atoms with Crippen LogP contribution in [0.3, 0.4) is 0 Å². The highest BCUT2D eigenvalue weighted by Gasteiger charge is 2.33. The van der Waals surface area contributed by atoms with Crippen molar-refractivity contribution in [3.63, 3.8) is 0 Å². The molecule has 1 aliphatic rings. The molecule has 0 atom stereocenters. The van der Waals surface area contributed by atoms with Gasteiger partial charge in [0.15, 0.2) is 0 Å². The van der Waals surface area contributed by atoms with Crippen molar-refractivity contribution in [3.8, 4) is 0 Å². The highest BCUT2D eigenvalue weighted by molar-refractivity contribution is 7.88. The largest absolute Gasteiger partial charge is 0.213 e. The molecule has 15 heavy (non-hydrogen) atoms. The lowest BCUT2D eigenvalue weighted by atomic mass is 9.72.